The summed E-state index contributed by atoms with van der Waals surface area (Å²) in [4.78, 5) is 22.5. The molecule has 2 N–H and O–H groups in total. The summed E-state index contributed by atoms with van der Waals surface area (Å²) < 4.78 is 5.56. The minimum atomic E-state index is -1.09. The summed E-state index contributed by atoms with van der Waals surface area (Å²) in [5.41, 5.74) is -0.410. The Morgan fingerprint density at radius 1 is 1.47 bits per heavy atom. The Bertz CT molecular complexity index is 450. The Hall–Kier alpha value is -1.08. The van der Waals surface area contributed by atoms with Crippen molar-refractivity contribution in [2.45, 2.75) is 26.4 Å². The van der Waals surface area contributed by atoms with Crippen molar-refractivity contribution >= 4 is 45.0 Å². The van der Waals surface area contributed by atoms with Crippen LogP contribution in [0.1, 0.15) is 30.4 Å². The van der Waals surface area contributed by atoms with Crippen molar-refractivity contribution in [2.24, 2.45) is 0 Å². The molecule has 0 radical (unpaired) electrons. The second kappa shape index (κ2) is 5.05. The van der Waals surface area contributed by atoms with Crippen LogP contribution in [0.15, 0.2) is 9.85 Å². The average molecular weight is 322 g/mol. The zero-order valence-corrected chi connectivity index (χ0v) is 11.9. The molecule has 0 aliphatic carbocycles. The highest BCUT2D eigenvalue weighted by Crippen LogP contribution is 2.33. The van der Waals surface area contributed by atoms with Crippen LogP contribution in [-0.2, 0) is 4.74 Å². The van der Waals surface area contributed by atoms with Gasteiger partial charge in [0.15, 0.2) is 0 Å². The number of rotatable bonds is 2. The van der Waals surface area contributed by atoms with Crippen LogP contribution in [0.5, 0.6) is 0 Å². The summed E-state index contributed by atoms with van der Waals surface area (Å²) in [6.45, 7) is 5.19. The van der Waals surface area contributed by atoms with E-state index in [-0.39, 0.29) is 10.6 Å². The van der Waals surface area contributed by atoms with E-state index >= 15 is 0 Å². The standard InChI is InChI=1S/C10H12BrNO4S/c1-10(2,3)16-9(15)12-6-5(11)4-17-7(6)8(13)14/h4H,1-3H3,(H,12,15)(H,13,14). The maximum atomic E-state index is 11.5. The van der Waals surface area contributed by atoms with E-state index in [0.29, 0.717) is 4.47 Å². The van der Waals surface area contributed by atoms with E-state index in [1.165, 1.54) is 0 Å². The molecule has 0 saturated carbocycles. The van der Waals surface area contributed by atoms with Crippen LogP contribution < -0.4 is 5.32 Å². The van der Waals surface area contributed by atoms with Gasteiger partial charge < -0.3 is 9.84 Å². The molecule has 0 unspecified atom stereocenters. The smallest absolute Gasteiger partial charge is 0.412 e. The minimum Gasteiger partial charge on any atom is -0.477 e. The average Bonchev–Trinajstić information content (AvgIpc) is 2.44. The van der Waals surface area contributed by atoms with E-state index in [4.69, 9.17) is 9.84 Å². The number of anilines is 1. The van der Waals surface area contributed by atoms with Crippen LogP contribution >= 0.6 is 27.3 Å². The summed E-state index contributed by atoms with van der Waals surface area (Å²) in [6, 6.07) is 0. The Balaban J connectivity index is 2.85. The molecule has 0 aromatic carbocycles. The van der Waals surface area contributed by atoms with Gasteiger partial charge in [-0.15, -0.1) is 11.3 Å². The van der Waals surface area contributed by atoms with Crippen molar-refractivity contribution in [1.82, 2.24) is 0 Å². The molecule has 0 bridgehead atoms. The zero-order chi connectivity index (χ0) is 13.2. The third-order valence-electron chi connectivity index (χ3n) is 1.57. The molecule has 0 atom stereocenters. The number of hydrogen-bond acceptors (Lipinski definition) is 4. The Morgan fingerprint density at radius 2 is 2.06 bits per heavy atom. The highest BCUT2D eigenvalue weighted by Gasteiger charge is 2.21. The number of nitrogens with one attached hydrogen (secondary N) is 1. The zero-order valence-electron chi connectivity index (χ0n) is 9.54. The largest absolute Gasteiger partial charge is 0.477 e. The van der Waals surface area contributed by atoms with E-state index in [1.54, 1.807) is 26.2 Å². The molecule has 94 valence electrons. The number of ether oxygens (including phenoxy) is 1. The van der Waals surface area contributed by atoms with Crippen molar-refractivity contribution in [2.75, 3.05) is 5.32 Å². The number of carbonyl (C=O) groups excluding carboxylic acids is 1. The molecule has 5 nitrogen and oxygen atoms in total. The highest BCUT2D eigenvalue weighted by atomic mass is 79.9. The predicted octanol–water partition coefficient (Wildman–Crippen LogP) is 3.56. The third kappa shape index (κ3) is 4.01. The molecular formula is C10H12BrNO4S. The highest BCUT2D eigenvalue weighted by molar-refractivity contribution is 9.10. The van der Waals surface area contributed by atoms with Crippen LogP contribution in [0.3, 0.4) is 0 Å². The first-order valence-electron chi connectivity index (χ1n) is 4.71. The topological polar surface area (TPSA) is 75.6 Å². The molecule has 1 aromatic heterocycles. The van der Waals surface area contributed by atoms with Gasteiger partial charge in [0.1, 0.15) is 10.5 Å². The van der Waals surface area contributed by atoms with Gasteiger partial charge in [-0.1, -0.05) is 0 Å². The van der Waals surface area contributed by atoms with E-state index in [9.17, 15) is 9.59 Å². The molecular weight excluding hydrogens is 310 g/mol. The van der Waals surface area contributed by atoms with Gasteiger partial charge in [0.05, 0.1) is 10.2 Å². The fourth-order valence-corrected chi connectivity index (χ4v) is 2.44. The first-order chi connectivity index (χ1) is 7.70. The van der Waals surface area contributed by atoms with Gasteiger partial charge in [-0.3, -0.25) is 5.32 Å². The van der Waals surface area contributed by atoms with Crippen LogP contribution in [0.4, 0.5) is 10.5 Å². The first kappa shape index (κ1) is 14.0. The summed E-state index contributed by atoms with van der Waals surface area (Å²) in [5.74, 6) is -1.09. The van der Waals surface area contributed by atoms with Crippen molar-refractivity contribution in [3.8, 4) is 0 Å². The van der Waals surface area contributed by atoms with Crippen molar-refractivity contribution in [3.05, 3.63) is 14.7 Å². The minimum absolute atomic E-state index is 0.0581. The maximum Gasteiger partial charge on any atom is 0.412 e. The number of carboxylic acid groups (broad SMARTS) is 1. The molecule has 1 aromatic rings. The normalized spacial score (nSPS) is 11.1. The lowest BCUT2D eigenvalue weighted by Gasteiger charge is -2.19. The Labute approximate surface area is 111 Å². The second-order valence-electron chi connectivity index (χ2n) is 4.22. The number of carbonyl (C=O) groups is 2. The van der Waals surface area contributed by atoms with Gasteiger partial charge in [0, 0.05) is 5.38 Å². The monoisotopic (exact) mass is 321 g/mol. The lowest BCUT2D eigenvalue weighted by Crippen LogP contribution is -2.27. The third-order valence-corrected chi connectivity index (χ3v) is 3.46. The van der Waals surface area contributed by atoms with Gasteiger partial charge in [-0.2, -0.15) is 0 Å². The fourth-order valence-electron chi connectivity index (χ4n) is 1.02. The van der Waals surface area contributed by atoms with E-state index in [2.05, 4.69) is 21.2 Å². The maximum absolute atomic E-state index is 11.5. The van der Waals surface area contributed by atoms with Crippen LogP contribution in [0, 0.1) is 0 Å². The SMILES string of the molecule is CC(C)(C)OC(=O)Nc1c(Br)csc1C(=O)O. The van der Waals surface area contributed by atoms with E-state index in [0.717, 1.165) is 11.3 Å². The van der Waals surface area contributed by atoms with Crippen molar-refractivity contribution in [1.29, 1.82) is 0 Å². The summed E-state index contributed by atoms with van der Waals surface area (Å²) in [7, 11) is 0. The van der Waals surface area contributed by atoms with Crippen molar-refractivity contribution < 1.29 is 19.4 Å². The second-order valence-corrected chi connectivity index (χ2v) is 5.95. The van der Waals surface area contributed by atoms with Gasteiger partial charge >= 0.3 is 12.1 Å². The molecule has 1 amide bonds. The van der Waals surface area contributed by atoms with Crippen LogP contribution in [0.25, 0.3) is 0 Å². The molecule has 0 aliphatic rings. The van der Waals surface area contributed by atoms with Crippen LogP contribution in [-0.4, -0.2) is 22.8 Å². The van der Waals surface area contributed by atoms with Gasteiger partial charge in [-0.25, -0.2) is 9.59 Å². The molecule has 17 heavy (non-hydrogen) atoms. The lowest BCUT2D eigenvalue weighted by molar-refractivity contribution is 0.0636. The number of aromatic carboxylic acids is 1. The Morgan fingerprint density at radius 3 is 2.53 bits per heavy atom. The summed E-state index contributed by atoms with van der Waals surface area (Å²) >= 11 is 4.20. The number of carboxylic acids is 1. The molecule has 1 heterocycles. The van der Waals surface area contributed by atoms with Gasteiger partial charge in [0.25, 0.3) is 0 Å². The predicted molar refractivity (Wildman–Crippen MR) is 68.8 cm³/mol. The molecule has 0 spiro atoms. The summed E-state index contributed by atoms with van der Waals surface area (Å²) in [5, 5.41) is 12.9. The van der Waals surface area contributed by atoms with E-state index < -0.39 is 17.7 Å². The van der Waals surface area contributed by atoms with Gasteiger partial charge in [-0.05, 0) is 36.7 Å². The van der Waals surface area contributed by atoms with Crippen LogP contribution in [0.2, 0.25) is 0 Å². The molecule has 1 rings (SSSR count). The molecule has 7 heteroatoms. The molecule has 0 aliphatic heterocycles. The number of halogens is 1. The quantitative estimate of drug-likeness (QED) is 0.873. The fraction of sp³-hybridized carbons (Fsp3) is 0.400. The lowest BCUT2D eigenvalue weighted by atomic mass is 10.2. The summed E-state index contributed by atoms with van der Waals surface area (Å²) in [6.07, 6.45) is -0.681. The first-order valence-corrected chi connectivity index (χ1v) is 6.38. The van der Waals surface area contributed by atoms with Crippen molar-refractivity contribution in [3.63, 3.8) is 0 Å². The molecule has 0 saturated heterocycles. The number of amides is 1. The van der Waals surface area contributed by atoms with E-state index in [1.807, 2.05) is 0 Å². The van der Waals surface area contributed by atoms with Gasteiger partial charge in [0.2, 0.25) is 0 Å². The number of thiophene rings is 1. The molecule has 0 fully saturated rings. The Kier molecular flexibility index (Phi) is 4.16. The number of hydrogen-bond donors (Lipinski definition) is 2.